The number of carbonyl (C=O) groups is 2. The molecular formula is C124H239ClF3NO7. The van der Waals surface area contributed by atoms with Crippen molar-refractivity contribution in [2.45, 2.75) is 475 Å². The van der Waals surface area contributed by atoms with E-state index < -0.39 is 12.6 Å². The summed E-state index contributed by atoms with van der Waals surface area (Å²) in [4.78, 5) is 20.4. The highest BCUT2D eigenvalue weighted by Crippen LogP contribution is 2.62. The maximum atomic E-state index is 11.3. The molecule has 0 atom stereocenters. The molecule has 6 aliphatic rings. The van der Waals surface area contributed by atoms with Gasteiger partial charge in [0.25, 0.3) is 0 Å². The molecule has 6 aliphatic carbocycles. The Balaban J connectivity index is -0.000000108. The van der Waals surface area contributed by atoms with Crippen LogP contribution >= 0.6 is 11.6 Å². The lowest BCUT2D eigenvalue weighted by Crippen LogP contribution is -2.48. The second-order valence-electron chi connectivity index (χ2n) is 44.8. The van der Waals surface area contributed by atoms with Crippen LogP contribution in [0.2, 0.25) is 5.02 Å². The number of aromatic nitrogens is 1. The Kier molecular flexibility index (Phi) is 118. The van der Waals surface area contributed by atoms with E-state index in [0.717, 1.165) is 193 Å². The van der Waals surface area contributed by atoms with Crippen molar-refractivity contribution in [3.05, 3.63) is 82.2 Å². The lowest BCUT2D eigenvalue weighted by Gasteiger charge is -2.58. The molecule has 0 radical (unpaired) electrons. The molecule has 0 spiro atoms. The second kappa shape index (κ2) is 100. The Morgan fingerprint density at radius 1 is 0.507 bits per heavy atom. The number of hydrogen-bond donors (Lipinski definition) is 0. The number of terminal acetylenes is 1. The lowest BCUT2D eigenvalue weighted by atomic mass is 9.47. The maximum absolute atomic E-state index is 11.3. The fourth-order valence-corrected chi connectivity index (χ4v) is 13.3. The van der Waals surface area contributed by atoms with Gasteiger partial charge in [-0.1, -0.05) is 367 Å². The van der Waals surface area contributed by atoms with Gasteiger partial charge >= 0.3 is 12.1 Å². The molecule has 6 saturated carbocycles. The van der Waals surface area contributed by atoms with Crippen molar-refractivity contribution in [1.82, 2.24) is 5.16 Å². The van der Waals surface area contributed by atoms with Crippen LogP contribution in [0, 0.1) is 190 Å². The number of methoxy groups -OCH3 is 3. The first-order valence-electron chi connectivity index (χ1n) is 52.3. The molecule has 0 amide bonds. The first-order valence-corrected chi connectivity index (χ1v) is 52.7. The minimum atomic E-state index is -3.98. The number of Topliss-reactive ketones (excluding diaryl/α,β-unsaturated/α-hetero) is 1. The zero-order valence-electron chi connectivity index (χ0n) is 95.9. The van der Waals surface area contributed by atoms with Gasteiger partial charge in [-0.25, -0.2) is 0 Å². The first-order chi connectivity index (χ1) is 61.0. The second-order valence-corrected chi connectivity index (χ2v) is 45.2. The Morgan fingerprint density at radius 3 is 1.06 bits per heavy atom. The van der Waals surface area contributed by atoms with E-state index in [9.17, 15) is 22.8 Å². The number of aryl methyl sites for hydroxylation is 1. The van der Waals surface area contributed by atoms with E-state index in [2.05, 4.69) is 299 Å². The molecule has 8 nitrogen and oxygen atoms in total. The van der Waals surface area contributed by atoms with Crippen molar-refractivity contribution in [3.63, 3.8) is 0 Å². The molecule has 1 aromatic heterocycles. The average molecular weight is 1950 g/mol. The van der Waals surface area contributed by atoms with Gasteiger partial charge in [0, 0.05) is 82.5 Å². The lowest BCUT2D eigenvalue weighted by molar-refractivity contribution is -0.144. The highest BCUT2D eigenvalue weighted by Gasteiger charge is 2.52. The highest BCUT2D eigenvalue weighted by atomic mass is 35.5. The van der Waals surface area contributed by atoms with Gasteiger partial charge < -0.3 is 23.5 Å². The summed E-state index contributed by atoms with van der Waals surface area (Å²) in [5.41, 5.74) is 4.51. The van der Waals surface area contributed by atoms with Gasteiger partial charge in [0.05, 0.1) is 25.8 Å². The van der Waals surface area contributed by atoms with Crippen molar-refractivity contribution in [2.75, 3.05) is 41.2 Å². The van der Waals surface area contributed by atoms with Crippen LogP contribution in [0.3, 0.4) is 0 Å². The number of nitrogens with zero attached hydrogens (tertiary/aromatic N) is 1. The summed E-state index contributed by atoms with van der Waals surface area (Å²) in [5.74, 6) is 34.9. The minimum absolute atomic E-state index is 0. The van der Waals surface area contributed by atoms with E-state index in [-0.39, 0.29) is 59.2 Å². The Bertz CT molecular complexity index is 3080. The molecule has 12 heteroatoms. The van der Waals surface area contributed by atoms with Gasteiger partial charge in [-0.15, -0.1) is 36.0 Å². The number of rotatable bonds is 26. The van der Waals surface area contributed by atoms with Crippen LogP contribution in [0.25, 0.3) is 0 Å². The van der Waals surface area contributed by atoms with E-state index in [1.165, 1.54) is 63.2 Å². The number of halogens is 4. The monoisotopic (exact) mass is 1950 g/mol. The zero-order valence-corrected chi connectivity index (χ0v) is 96.7. The molecule has 1 heterocycles. The number of ketones is 1. The van der Waals surface area contributed by atoms with E-state index in [1.54, 1.807) is 87.4 Å². The average Bonchev–Trinajstić information content (AvgIpc) is 1.12. The van der Waals surface area contributed by atoms with Crippen molar-refractivity contribution >= 4 is 23.4 Å². The van der Waals surface area contributed by atoms with Crippen molar-refractivity contribution < 1.29 is 46.2 Å². The third kappa shape index (κ3) is 127. The van der Waals surface area contributed by atoms with Crippen LogP contribution in [0.5, 0.6) is 5.75 Å². The largest absolute Gasteiger partial charge is 0.497 e. The Morgan fingerprint density at radius 2 is 0.897 bits per heavy atom. The molecular weight excluding hydrogens is 1710 g/mol. The summed E-state index contributed by atoms with van der Waals surface area (Å²) < 4.78 is 58.3. The van der Waals surface area contributed by atoms with Crippen molar-refractivity contribution in [1.29, 1.82) is 0 Å². The fourth-order valence-electron chi connectivity index (χ4n) is 13.2. The number of ether oxygens (including phenoxy) is 4. The minimum Gasteiger partial charge on any atom is -0.497 e. The topological polar surface area (TPSA) is 97.1 Å². The van der Waals surface area contributed by atoms with Gasteiger partial charge in [-0.3, -0.25) is 9.59 Å². The summed E-state index contributed by atoms with van der Waals surface area (Å²) >= 11 is 5.75. The predicted octanol–water partition coefficient (Wildman–Crippen LogP) is 40.3. The smallest absolute Gasteiger partial charge is 0.389 e. The van der Waals surface area contributed by atoms with Gasteiger partial charge in [0.2, 0.25) is 0 Å². The normalized spacial score (nSPS) is 15.0. The molecule has 810 valence electrons. The maximum Gasteiger partial charge on any atom is 0.389 e. The van der Waals surface area contributed by atoms with Gasteiger partial charge in [0.15, 0.2) is 0 Å². The first kappa shape index (κ1) is 159. The number of benzene rings is 2. The highest BCUT2D eigenvalue weighted by molar-refractivity contribution is 6.30. The summed E-state index contributed by atoms with van der Waals surface area (Å²) in [6.07, 6.45) is 27.2. The standard InChI is InChI=1S/C13H22.C11H16O.C10H13Cl.C8H13NO.C8H14.C7H14.C7H16.C7H12.C6H14O.C6H12.C6H14.C6H10.C5H9F3.C5H10O2.C5H12O.C5H10O.C5H12.4CH4/c1-9(2)13-6-10-3-11(7-13)5-12(4-10)8-13;1-9(2)8-10-4-6-11(12-3)7-5-10;1-8(2)7-9-3-5-10(11)6-4-9;1-6(2)4-8-5-7(3)9-10-8;1-4-5-6-7-8(2)3;1-6(2)5-7-3-4-7;1-6(2)5-7(3)4;1-4-5-6-7(2)3;1-4-7-5-6(2)3;1-5(2)6-3-4-6;1-5(2)6(3)4;1-4-5-6(2)3;1-4(2)3-5(6,7)8;1-4(2)5(6)7-3;1-5(2)4-6-3;1-4(2)5(3)6;1-4-5(2)3;;;;/h9-12H,3-8H2,1-2H3;4-7,9H,8H2,1-3H3;3-6,8H,7H2,1-2H3;5-6H,4H2,1-3H3;8H,4,7H2,1-3H3;6-7H,3-5H2,1-2H3;6-7H,5H2,1-4H3;7H,6H2,1-3H3;6H,4-5H2,1-3H3;5-6H,3-4H2,1-2H3;5-6H,1-4H3;1,6H,5H2,2-3H3;4H,3H2,1-2H3;4H,1-3H3;5H,4H2,1-3H3;4H,1-3H3;5H,4H2,1-3H3;4*1H4. The van der Waals surface area contributed by atoms with Crippen LogP contribution in [-0.4, -0.2) is 64.2 Å². The van der Waals surface area contributed by atoms with Crippen LogP contribution < -0.4 is 4.74 Å². The quantitative estimate of drug-likeness (QED) is 0.0579. The third-order valence-corrected chi connectivity index (χ3v) is 21.7. The van der Waals surface area contributed by atoms with Crippen molar-refractivity contribution in [3.8, 4) is 41.8 Å². The van der Waals surface area contributed by atoms with E-state index in [1.807, 2.05) is 65.0 Å². The SMILES string of the molecule is C.C.C.C.C#CCC(C)C.CC#CCC(C)C.CC(=O)C(C)C.CC(C)C(C)C.CC(C)C12CC3CC(CC(C3)C1)C2.CC(C)C1CC1.CC(C)CC(C)C.CC(C)CC(F)(F)F.CC(C)CC1CC1.CC(C)Cc1ccc(Cl)cc1.CCC#CCC(C)C.CCC(C)C.CCOCC(C)C.COC(=O)C(C)C.COCC(C)C.COc1ccc(CC(C)C)cc1.Cc1cc(CC(C)C)on1. The van der Waals surface area contributed by atoms with Crippen LogP contribution in [0.1, 0.15) is 466 Å². The molecule has 0 unspecified atom stereocenters. The molecule has 2 aromatic carbocycles. The third-order valence-electron chi connectivity index (χ3n) is 21.4. The number of hydrogen-bond acceptors (Lipinski definition) is 8. The number of esters is 1. The van der Waals surface area contributed by atoms with Crippen LogP contribution in [0.15, 0.2) is 59.1 Å². The number of alkyl halides is 3. The number of carbonyl (C=O) groups excluding carboxylic acids is 2. The summed E-state index contributed by atoms with van der Waals surface area (Å²) in [7, 11) is 4.81. The molecule has 6 fully saturated rings. The van der Waals surface area contributed by atoms with Gasteiger partial charge in [-0.05, 0) is 276 Å². The van der Waals surface area contributed by atoms with Crippen LogP contribution in [-0.2, 0) is 43.1 Å². The molecule has 0 saturated heterocycles. The predicted molar refractivity (Wildman–Crippen MR) is 607 cm³/mol. The summed E-state index contributed by atoms with van der Waals surface area (Å²) in [5, 5.41) is 4.61. The van der Waals surface area contributed by atoms with E-state index in [4.69, 9.17) is 36.8 Å². The molecule has 3 aromatic rings. The molecule has 0 aliphatic heterocycles. The summed E-state index contributed by atoms with van der Waals surface area (Å²) in [6.45, 7) is 96.1. The summed E-state index contributed by atoms with van der Waals surface area (Å²) in [6, 6.07) is 18.3. The fraction of sp³-hybridized carbons (Fsp3) is 0.815. The molecule has 4 bridgehead atoms. The van der Waals surface area contributed by atoms with Gasteiger partial charge in [0.1, 0.15) is 17.3 Å². The molecule has 0 N–H and O–H groups in total. The van der Waals surface area contributed by atoms with Gasteiger partial charge in [-0.2, -0.15) is 13.2 Å². The molecule has 136 heavy (non-hydrogen) atoms. The van der Waals surface area contributed by atoms with Crippen molar-refractivity contribution in [2.24, 2.45) is 147 Å². The van der Waals surface area contributed by atoms with E-state index >= 15 is 0 Å². The Hall–Kier alpha value is -4.73. The van der Waals surface area contributed by atoms with E-state index in [0.29, 0.717) is 23.7 Å². The van der Waals surface area contributed by atoms with Crippen LogP contribution in [0.4, 0.5) is 13.2 Å². The molecule has 9 rings (SSSR count). The zero-order chi connectivity index (χ0) is 105. The Labute approximate surface area is 857 Å².